The van der Waals surface area contributed by atoms with Crippen molar-refractivity contribution in [2.24, 2.45) is 5.92 Å². The monoisotopic (exact) mass is 158 g/mol. The second kappa shape index (κ2) is 3.57. The Hall–Kier alpha value is -0.770. The predicted molar refractivity (Wildman–Crippen MR) is 41.6 cm³/mol. The zero-order chi connectivity index (χ0) is 8.27. The molecule has 1 aliphatic rings. The molecule has 11 heavy (non-hydrogen) atoms. The highest BCUT2D eigenvalue weighted by molar-refractivity contribution is 5.64. The number of hydrogen-bond acceptors (Lipinski definition) is 2. The quantitative estimate of drug-likeness (QED) is 0.512. The molecule has 0 bridgehead atoms. The van der Waals surface area contributed by atoms with E-state index in [1.807, 2.05) is 0 Å². The Morgan fingerprint density at radius 2 is 2.45 bits per heavy atom. The summed E-state index contributed by atoms with van der Waals surface area (Å²) in [6.07, 6.45) is 0.121. The van der Waals surface area contributed by atoms with Gasteiger partial charge in [-0.15, -0.1) is 0 Å². The zero-order valence-electron chi connectivity index (χ0n) is 6.63. The van der Waals surface area contributed by atoms with Crippen LogP contribution in [0, 0.1) is 5.92 Å². The largest absolute Gasteiger partial charge is 0.465 e. The van der Waals surface area contributed by atoms with Crippen molar-refractivity contribution < 1.29 is 9.90 Å². The molecular formula is C7H14N2O2. The lowest BCUT2D eigenvalue weighted by atomic mass is 9.95. The summed E-state index contributed by atoms with van der Waals surface area (Å²) in [6.45, 7) is 3.83. The van der Waals surface area contributed by atoms with Crippen molar-refractivity contribution in [1.29, 1.82) is 0 Å². The number of rotatable bonds is 1. The maximum absolute atomic E-state index is 10.3. The average molecular weight is 158 g/mol. The van der Waals surface area contributed by atoms with Gasteiger partial charge in [0.15, 0.2) is 0 Å². The van der Waals surface area contributed by atoms with Crippen LogP contribution in [0.15, 0.2) is 0 Å². The Bertz CT molecular complexity index is 149. The van der Waals surface area contributed by atoms with Crippen molar-refractivity contribution in [1.82, 2.24) is 10.6 Å². The fourth-order valence-corrected chi connectivity index (χ4v) is 1.34. The molecule has 4 nitrogen and oxygen atoms in total. The standard InChI is InChI=1S/C7H14N2O2/c1-5-2-3-8-4-6(5)9-7(10)11/h5-6,8-9H,2-4H2,1H3,(H,10,11)/t5-,6+/m1/s1. The molecule has 0 spiro atoms. The molecule has 64 valence electrons. The van der Waals surface area contributed by atoms with E-state index in [1.165, 1.54) is 0 Å². The lowest BCUT2D eigenvalue weighted by Crippen LogP contribution is -2.49. The highest BCUT2D eigenvalue weighted by atomic mass is 16.4. The first-order valence-electron chi connectivity index (χ1n) is 3.90. The van der Waals surface area contributed by atoms with Gasteiger partial charge in [-0.1, -0.05) is 6.92 Å². The van der Waals surface area contributed by atoms with E-state index >= 15 is 0 Å². The van der Waals surface area contributed by atoms with Gasteiger partial charge in [-0.3, -0.25) is 0 Å². The third-order valence-electron chi connectivity index (χ3n) is 2.14. The molecule has 1 aliphatic heterocycles. The second-order valence-electron chi connectivity index (χ2n) is 3.03. The van der Waals surface area contributed by atoms with Gasteiger partial charge in [-0.05, 0) is 18.9 Å². The Labute approximate surface area is 66.0 Å². The molecule has 0 unspecified atom stereocenters. The number of carboxylic acid groups (broad SMARTS) is 1. The van der Waals surface area contributed by atoms with Gasteiger partial charge in [0.1, 0.15) is 0 Å². The smallest absolute Gasteiger partial charge is 0.404 e. The van der Waals surface area contributed by atoms with Gasteiger partial charge in [0, 0.05) is 12.6 Å². The van der Waals surface area contributed by atoms with E-state index in [1.54, 1.807) is 0 Å². The molecular weight excluding hydrogens is 144 g/mol. The van der Waals surface area contributed by atoms with E-state index in [9.17, 15) is 4.79 Å². The minimum absolute atomic E-state index is 0.0845. The molecule has 1 amide bonds. The van der Waals surface area contributed by atoms with Crippen LogP contribution in [0.5, 0.6) is 0 Å². The van der Waals surface area contributed by atoms with Crippen LogP contribution in [-0.4, -0.2) is 30.3 Å². The summed E-state index contributed by atoms with van der Waals surface area (Å²) >= 11 is 0. The van der Waals surface area contributed by atoms with E-state index in [0.717, 1.165) is 19.5 Å². The summed E-state index contributed by atoms with van der Waals surface area (Å²) < 4.78 is 0. The SMILES string of the molecule is C[C@@H]1CCNC[C@@H]1NC(=O)O. The van der Waals surface area contributed by atoms with Gasteiger partial charge in [-0.25, -0.2) is 4.79 Å². The van der Waals surface area contributed by atoms with Crippen molar-refractivity contribution in [2.45, 2.75) is 19.4 Å². The Morgan fingerprint density at radius 3 is 3.00 bits per heavy atom. The molecule has 0 aromatic heterocycles. The molecule has 1 rings (SSSR count). The molecule has 1 fully saturated rings. The Kier molecular flexibility index (Phi) is 2.70. The maximum atomic E-state index is 10.3. The summed E-state index contributed by atoms with van der Waals surface area (Å²) in [5.74, 6) is 0.451. The summed E-state index contributed by atoms with van der Waals surface area (Å²) in [5.41, 5.74) is 0. The molecule has 0 saturated carbocycles. The zero-order valence-corrected chi connectivity index (χ0v) is 6.63. The first-order chi connectivity index (χ1) is 5.20. The highest BCUT2D eigenvalue weighted by Crippen LogP contribution is 2.10. The van der Waals surface area contributed by atoms with Gasteiger partial charge in [-0.2, -0.15) is 0 Å². The number of amides is 1. The molecule has 0 radical (unpaired) electrons. The van der Waals surface area contributed by atoms with Crippen molar-refractivity contribution in [3.05, 3.63) is 0 Å². The van der Waals surface area contributed by atoms with Crippen molar-refractivity contribution in [2.75, 3.05) is 13.1 Å². The first-order valence-corrected chi connectivity index (χ1v) is 3.90. The number of piperidine rings is 1. The predicted octanol–water partition coefficient (Wildman–Crippen LogP) is 0.252. The number of nitrogens with one attached hydrogen (secondary N) is 2. The van der Waals surface area contributed by atoms with Gasteiger partial charge in [0.25, 0.3) is 0 Å². The minimum Gasteiger partial charge on any atom is -0.465 e. The molecule has 3 N–H and O–H groups in total. The van der Waals surface area contributed by atoms with Crippen LogP contribution in [-0.2, 0) is 0 Å². The second-order valence-corrected chi connectivity index (χ2v) is 3.03. The summed E-state index contributed by atoms with van der Waals surface area (Å²) in [6, 6.07) is 0.0845. The van der Waals surface area contributed by atoms with Crippen LogP contribution in [0.25, 0.3) is 0 Å². The first kappa shape index (κ1) is 8.33. The Balaban J connectivity index is 2.35. The van der Waals surface area contributed by atoms with Crippen LogP contribution >= 0.6 is 0 Å². The van der Waals surface area contributed by atoms with Crippen molar-refractivity contribution in [3.8, 4) is 0 Å². The minimum atomic E-state index is -0.925. The van der Waals surface area contributed by atoms with Gasteiger partial charge >= 0.3 is 6.09 Å². The van der Waals surface area contributed by atoms with E-state index in [4.69, 9.17) is 5.11 Å². The molecule has 2 atom stereocenters. The van der Waals surface area contributed by atoms with E-state index in [2.05, 4.69) is 17.6 Å². The number of hydrogen-bond donors (Lipinski definition) is 3. The third-order valence-corrected chi connectivity index (χ3v) is 2.14. The molecule has 0 aromatic carbocycles. The lowest BCUT2D eigenvalue weighted by molar-refractivity contribution is 0.180. The average Bonchev–Trinajstić information content (AvgIpc) is 1.93. The summed E-state index contributed by atoms with van der Waals surface area (Å²) in [5, 5.41) is 14.1. The molecule has 4 heteroatoms. The van der Waals surface area contributed by atoms with Crippen LogP contribution in [0.4, 0.5) is 4.79 Å². The van der Waals surface area contributed by atoms with Crippen molar-refractivity contribution in [3.63, 3.8) is 0 Å². The molecule has 0 aliphatic carbocycles. The number of carbonyl (C=O) groups is 1. The normalized spacial score (nSPS) is 31.4. The molecule has 1 heterocycles. The van der Waals surface area contributed by atoms with Gasteiger partial charge in [0.05, 0.1) is 0 Å². The molecule has 0 aromatic rings. The van der Waals surface area contributed by atoms with Crippen LogP contribution in [0.2, 0.25) is 0 Å². The highest BCUT2D eigenvalue weighted by Gasteiger charge is 2.21. The Morgan fingerprint density at radius 1 is 1.73 bits per heavy atom. The van der Waals surface area contributed by atoms with E-state index in [0.29, 0.717) is 5.92 Å². The van der Waals surface area contributed by atoms with Crippen LogP contribution in [0.3, 0.4) is 0 Å². The fourth-order valence-electron chi connectivity index (χ4n) is 1.34. The van der Waals surface area contributed by atoms with Gasteiger partial charge in [0.2, 0.25) is 0 Å². The van der Waals surface area contributed by atoms with Gasteiger partial charge < -0.3 is 15.7 Å². The van der Waals surface area contributed by atoms with Crippen LogP contribution < -0.4 is 10.6 Å². The van der Waals surface area contributed by atoms with E-state index in [-0.39, 0.29) is 6.04 Å². The van der Waals surface area contributed by atoms with Crippen molar-refractivity contribution >= 4 is 6.09 Å². The fraction of sp³-hybridized carbons (Fsp3) is 0.857. The lowest BCUT2D eigenvalue weighted by Gasteiger charge is -2.28. The van der Waals surface area contributed by atoms with E-state index < -0.39 is 6.09 Å². The summed E-state index contributed by atoms with van der Waals surface area (Å²) in [7, 11) is 0. The summed E-state index contributed by atoms with van der Waals surface area (Å²) in [4.78, 5) is 10.3. The third kappa shape index (κ3) is 2.38. The van der Waals surface area contributed by atoms with Crippen LogP contribution in [0.1, 0.15) is 13.3 Å². The maximum Gasteiger partial charge on any atom is 0.404 e. The molecule has 1 saturated heterocycles. The topological polar surface area (TPSA) is 61.4 Å².